The molecule has 1 rings (SSSR count). The van der Waals surface area contributed by atoms with Crippen LogP contribution in [0.25, 0.3) is 0 Å². The molecule has 0 radical (unpaired) electrons. The van der Waals surface area contributed by atoms with E-state index < -0.39 is 29.7 Å². The average molecular weight is 300 g/mol. The highest BCUT2D eigenvalue weighted by molar-refractivity contribution is 5.84. The summed E-state index contributed by atoms with van der Waals surface area (Å²) in [6.45, 7) is 5.43. The van der Waals surface area contributed by atoms with Gasteiger partial charge in [0.2, 0.25) is 5.79 Å². The van der Waals surface area contributed by atoms with Gasteiger partial charge in [-0.05, 0) is 6.42 Å². The minimum absolute atomic E-state index is 0.457. The van der Waals surface area contributed by atoms with Gasteiger partial charge in [-0.15, -0.1) is 0 Å². The summed E-state index contributed by atoms with van der Waals surface area (Å²) < 4.78 is 10.5. The molecule has 0 spiro atoms. The molecule has 1 aliphatic heterocycles. The first-order valence-corrected chi connectivity index (χ1v) is 8.01. The Morgan fingerprint density at radius 2 is 1.76 bits per heavy atom. The molecule has 2 atom stereocenters. The zero-order valence-corrected chi connectivity index (χ0v) is 13.4. The Labute approximate surface area is 127 Å². The molecule has 5 heteroatoms. The highest BCUT2D eigenvalue weighted by atomic mass is 16.8. The van der Waals surface area contributed by atoms with Crippen molar-refractivity contribution in [1.29, 1.82) is 0 Å². The second-order valence-electron chi connectivity index (χ2n) is 6.21. The molecule has 0 unspecified atom stereocenters. The molecule has 1 heterocycles. The molecule has 1 N–H and O–H groups in total. The lowest BCUT2D eigenvalue weighted by molar-refractivity contribution is -0.163. The molecular weight excluding hydrogens is 272 g/mol. The van der Waals surface area contributed by atoms with E-state index in [9.17, 15) is 14.7 Å². The van der Waals surface area contributed by atoms with E-state index in [1.165, 1.54) is 25.7 Å². The van der Waals surface area contributed by atoms with Gasteiger partial charge < -0.3 is 14.6 Å². The van der Waals surface area contributed by atoms with Crippen molar-refractivity contribution in [2.75, 3.05) is 0 Å². The van der Waals surface area contributed by atoms with Crippen LogP contribution in [0.4, 0.5) is 0 Å². The van der Waals surface area contributed by atoms with Gasteiger partial charge in [0.15, 0.2) is 6.10 Å². The fraction of sp³-hybridized carbons (Fsp3) is 0.875. The van der Waals surface area contributed by atoms with E-state index in [4.69, 9.17) is 9.47 Å². The van der Waals surface area contributed by atoms with E-state index in [-0.39, 0.29) is 0 Å². The van der Waals surface area contributed by atoms with Crippen molar-refractivity contribution < 1.29 is 24.2 Å². The Morgan fingerprint density at radius 1 is 1.19 bits per heavy atom. The van der Waals surface area contributed by atoms with Crippen LogP contribution in [0.3, 0.4) is 0 Å². The number of ether oxygens (including phenoxy) is 2. The van der Waals surface area contributed by atoms with Gasteiger partial charge in [0.1, 0.15) is 0 Å². The predicted octanol–water partition coefficient (Wildman–Crippen LogP) is 3.51. The highest BCUT2D eigenvalue weighted by Crippen LogP contribution is 2.30. The number of carboxylic acid groups (broad SMARTS) is 1. The quantitative estimate of drug-likeness (QED) is 0.494. The lowest BCUT2D eigenvalue weighted by Gasteiger charge is -2.19. The summed E-state index contributed by atoms with van der Waals surface area (Å²) in [5, 5.41) is 9.31. The maximum atomic E-state index is 11.7. The first kappa shape index (κ1) is 18.0. The number of carbonyl (C=O) groups is 2. The minimum atomic E-state index is -1.02. The van der Waals surface area contributed by atoms with Crippen LogP contribution >= 0.6 is 0 Å². The van der Waals surface area contributed by atoms with Crippen molar-refractivity contribution in [1.82, 2.24) is 0 Å². The Hall–Kier alpha value is -1.10. The number of rotatable bonds is 10. The number of unbranched alkanes of at least 4 members (excludes halogenated alkanes) is 6. The number of esters is 1. The van der Waals surface area contributed by atoms with Crippen molar-refractivity contribution in [3.63, 3.8) is 0 Å². The first-order valence-electron chi connectivity index (χ1n) is 8.01. The molecule has 0 aromatic rings. The molecule has 122 valence electrons. The smallest absolute Gasteiger partial charge is 0.338 e. The molecule has 21 heavy (non-hydrogen) atoms. The SMILES string of the molecule is CCCCCCCCC[C@@H](C(=O)O)[C@@H]1OC(C)(C)OC1=O. The fourth-order valence-electron chi connectivity index (χ4n) is 2.65. The molecule has 0 aliphatic carbocycles. The van der Waals surface area contributed by atoms with Crippen LogP contribution in [0.5, 0.6) is 0 Å². The summed E-state index contributed by atoms with van der Waals surface area (Å²) in [6, 6.07) is 0. The molecule has 0 bridgehead atoms. The topological polar surface area (TPSA) is 72.8 Å². The van der Waals surface area contributed by atoms with Crippen LogP contribution in [-0.2, 0) is 19.1 Å². The van der Waals surface area contributed by atoms with Gasteiger partial charge in [-0.3, -0.25) is 4.79 Å². The number of aliphatic carboxylic acids is 1. The summed E-state index contributed by atoms with van der Waals surface area (Å²) in [5.74, 6) is -3.37. The third kappa shape index (κ3) is 6.04. The average Bonchev–Trinajstić information content (AvgIpc) is 2.65. The minimum Gasteiger partial charge on any atom is -0.481 e. The number of carbonyl (C=O) groups excluding carboxylic acids is 1. The van der Waals surface area contributed by atoms with Crippen LogP contribution in [-0.4, -0.2) is 28.9 Å². The van der Waals surface area contributed by atoms with E-state index in [0.717, 1.165) is 19.3 Å². The molecule has 1 fully saturated rings. The second kappa shape index (κ2) is 8.37. The zero-order valence-electron chi connectivity index (χ0n) is 13.4. The summed E-state index contributed by atoms with van der Waals surface area (Å²) in [4.78, 5) is 23.1. The van der Waals surface area contributed by atoms with Gasteiger partial charge >= 0.3 is 11.9 Å². The third-order valence-corrected chi connectivity index (χ3v) is 3.79. The van der Waals surface area contributed by atoms with Gasteiger partial charge in [-0.25, -0.2) is 4.79 Å². The Balaban J connectivity index is 2.34. The van der Waals surface area contributed by atoms with E-state index in [2.05, 4.69) is 6.92 Å². The Kier molecular flexibility index (Phi) is 7.15. The molecule has 0 aromatic carbocycles. The molecule has 5 nitrogen and oxygen atoms in total. The van der Waals surface area contributed by atoms with E-state index in [1.54, 1.807) is 13.8 Å². The first-order chi connectivity index (χ1) is 9.87. The number of carboxylic acids is 1. The van der Waals surface area contributed by atoms with Gasteiger partial charge in [0.25, 0.3) is 0 Å². The lowest BCUT2D eigenvalue weighted by atomic mass is 9.95. The van der Waals surface area contributed by atoms with Crippen molar-refractivity contribution in [2.24, 2.45) is 5.92 Å². The third-order valence-electron chi connectivity index (χ3n) is 3.79. The zero-order chi connectivity index (χ0) is 15.9. The van der Waals surface area contributed by atoms with Gasteiger partial charge in [0.05, 0.1) is 5.92 Å². The Bertz CT molecular complexity index is 351. The predicted molar refractivity (Wildman–Crippen MR) is 78.8 cm³/mol. The maximum absolute atomic E-state index is 11.7. The molecule has 1 aliphatic rings. The number of cyclic esters (lactones) is 1. The highest BCUT2D eigenvalue weighted by Gasteiger charge is 2.47. The summed E-state index contributed by atoms with van der Waals surface area (Å²) >= 11 is 0. The summed E-state index contributed by atoms with van der Waals surface area (Å²) in [6.07, 6.45) is 7.32. The maximum Gasteiger partial charge on any atom is 0.338 e. The molecule has 0 amide bonds. The van der Waals surface area contributed by atoms with Crippen LogP contribution in [0.15, 0.2) is 0 Å². The van der Waals surface area contributed by atoms with Crippen LogP contribution < -0.4 is 0 Å². The number of hydrogen-bond donors (Lipinski definition) is 1. The van der Waals surface area contributed by atoms with Crippen LogP contribution in [0.2, 0.25) is 0 Å². The van der Waals surface area contributed by atoms with Gasteiger partial charge in [-0.1, -0.05) is 51.9 Å². The normalized spacial score (nSPS) is 22.0. The number of hydrogen-bond acceptors (Lipinski definition) is 4. The summed E-state index contributed by atoms with van der Waals surface area (Å²) in [5.41, 5.74) is 0. The fourth-order valence-corrected chi connectivity index (χ4v) is 2.65. The van der Waals surface area contributed by atoms with Crippen LogP contribution in [0.1, 0.15) is 72.1 Å². The second-order valence-corrected chi connectivity index (χ2v) is 6.21. The molecule has 0 saturated carbocycles. The van der Waals surface area contributed by atoms with Crippen molar-refractivity contribution >= 4 is 11.9 Å². The van der Waals surface area contributed by atoms with Crippen molar-refractivity contribution in [3.8, 4) is 0 Å². The standard InChI is InChI=1S/C16H28O5/c1-4-5-6-7-8-9-10-11-12(14(17)18)13-15(19)21-16(2,3)20-13/h12-13H,4-11H2,1-3H3,(H,17,18)/t12-,13+/m1/s1. The lowest BCUT2D eigenvalue weighted by Crippen LogP contribution is -2.34. The monoisotopic (exact) mass is 300 g/mol. The van der Waals surface area contributed by atoms with Gasteiger partial charge in [-0.2, -0.15) is 0 Å². The Morgan fingerprint density at radius 3 is 2.24 bits per heavy atom. The van der Waals surface area contributed by atoms with Crippen molar-refractivity contribution in [3.05, 3.63) is 0 Å². The molecular formula is C16H28O5. The molecule has 1 saturated heterocycles. The summed E-state index contributed by atoms with van der Waals surface area (Å²) in [7, 11) is 0. The van der Waals surface area contributed by atoms with E-state index >= 15 is 0 Å². The molecule has 0 aromatic heterocycles. The van der Waals surface area contributed by atoms with E-state index in [1.807, 2.05) is 0 Å². The van der Waals surface area contributed by atoms with Gasteiger partial charge in [0, 0.05) is 13.8 Å². The van der Waals surface area contributed by atoms with Crippen molar-refractivity contribution in [2.45, 2.75) is 84.0 Å². The van der Waals surface area contributed by atoms with E-state index in [0.29, 0.717) is 6.42 Å². The van der Waals surface area contributed by atoms with Crippen LogP contribution in [0, 0.1) is 5.92 Å². The largest absolute Gasteiger partial charge is 0.481 e.